The number of hydrogen-bond acceptors (Lipinski definition) is 1. The molecule has 0 amide bonds. The van der Waals surface area contributed by atoms with Gasteiger partial charge in [-0.15, -0.1) is 0 Å². The average molecular weight is 171 g/mol. The van der Waals surface area contributed by atoms with E-state index >= 15 is 0 Å². The minimum atomic E-state index is 0.636. The predicted molar refractivity (Wildman–Crippen MR) is 47.5 cm³/mol. The highest BCUT2D eigenvalue weighted by atomic mass is 35.5. The van der Waals surface area contributed by atoms with Crippen LogP contribution in [0.4, 0.5) is 0 Å². The Morgan fingerprint density at radius 1 is 1.73 bits per heavy atom. The highest BCUT2D eigenvalue weighted by Crippen LogP contribution is 1.96. The van der Waals surface area contributed by atoms with Gasteiger partial charge < -0.3 is 10.3 Å². The zero-order valence-electron chi connectivity index (χ0n) is 6.23. The number of halogens is 1. The second kappa shape index (κ2) is 4.21. The minimum absolute atomic E-state index is 0.636. The molecule has 0 aliphatic heterocycles. The molecule has 2 N–H and O–H groups in total. The van der Waals surface area contributed by atoms with Gasteiger partial charge in [0, 0.05) is 30.0 Å². The highest BCUT2D eigenvalue weighted by molar-refractivity contribution is 6.29. The maximum absolute atomic E-state index is 5.55. The van der Waals surface area contributed by atoms with Crippen molar-refractivity contribution in [2.24, 2.45) is 0 Å². The van der Waals surface area contributed by atoms with Gasteiger partial charge in [0.15, 0.2) is 0 Å². The third-order valence-electron chi connectivity index (χ3n) is 1.29. The Hall–Kier alpha value is -0.730. The van der Waals surface area contributed by atoms with Crippen LogP contribution in [0.3, 0.4) is 0 Å². The summed E-state index contributed by atoms with van der Waals surface area (Å²) in [6.45, 7) is 5.02. The lowest BCUT2D eigenvalue weighted by Crippen LogP contribution is -2.14. The summed E-state index contributed by atoms with van der Waals surface area (Å²) in [5, 5.41) is 3.76. The van der Waals surface area contributed by atoms with Gasteiger partial charge in [-0.05, 0) is 12.1 Å². The van der Waals surface area contributed by atoms with E-state index < -0.39 is 0 Å². The quantitative estimate of drug-likeness (QED) is 0.710. The van der Waals surface area contributed by atoms with E-state index in [1.165, 1.54) is 0 Å². The lowest BCUT2D eigenvalue weighted by Gasteiger charge is -1.99. The SMILES string of the molecule is C=C(Cl)CNCc1ccc[nH]1. The van der Waals surface area contributed by atoms with Crippen molar-refractivity contribution in [3.63, 3.8) is 0 Å². The number of nitrogens with one attached hydrogen (secondary N) is 2. The molecular formula is C8H11ClN2. The summed E-state index contributed by atoms with van der Waals surface area (Å²) in [5.74, 6) is 0. The van der Waals surface area contributed by atoms with Crippen molar-refractivity contribution in [2.45, 2.75) is 6.54 Å². The van der Waals surface area contributed by atoms with Gasteiger partial charge in [0.25, 0.3) is 0 Å². The van der Waals surface area contributed by atoms with E-state index in [2.05, 4.69) is 16.9 Å². The van der Waals surface area contributed by atoms with E-state index in [0.717, 1.165) is 12.2 Å². The zero-order chi connectivity index (χ0) is 8.10. The molecule has 0 unspecified atom stereocenters. The second-order valence-corrected chi connectivity index (χ2v) is 2.85. The molecule has 0 atom stereocenters. The van der Waals surface area contributed by atoms with Crippen LogP contribution < -0.4 is 5.32 Å². The van der Waals surface area contributed by atoms with E-state index in [9.17, 15) is 0 Å². The summed E-state index contributed by atoms with van der Waals surface area (Å²) in [4.78, 5) is 3.08. The normalized spacial score (nSPS) is 9.91. The van der Waals surface area contributed by atoms with E-state index in [-0.39, 0.29) is 0 Å². The lowest BCUT2D eigenvalue weighted by molar-refractivity contribution is 0.740. The van der Waals surface area contributed by atoms with Crippen LogP contribution in [-0.2, 0) is 6.54 Å². The Balaban J connectivity index is 2.19. The molecule has 0 aromatic carbocycles. The van der Waals surface area contributed by atoms with Crippen molar-refractivity contribution >= 4 is 11.6 Å². The number of aromatic nitrogens is 1. The molecule has 0 bridgehead atoms. The second-order valence-electron chi connectivity index (χ2n) is 2.32. The summed E-state index contributed by atoms with van der Waals surface area (Å²) < 4.78 is 0. The molecule has 60 valence electrons. The van der Waals surface area contributed by atoms with Crippen molar-refractivity contribution < 1.29 is 0 Å². The molecule has 1 rings (SSSR count). The summed E-state index contributed by atoms with van der Waals surface area (Å²) in [7, 11) is 0. The molecule has 1 aromatic rings. The van der Waals surface area contributed by atoms with Crippen molar-refractivity contribution in [1.82, 2.24) is 10.3 Å². The van der Waals surface area contributed by atoms with Crippen LogP contribution in [0.2, 0.25) is 0 Å². The molecule has 1 heterocycles. The van der Waals surface area contributed by atoms with Crippen LogP contribution >= 0.6 is 11.6 Å². The molecule has 0 saturated carbocycles. The Morgan fingerprint density at radius 2 is 2.55 bits per heavy atom. The first kappa shape index (κ1) is 8.37. The number of H-pyrrole nitrogens is 1. The Kier molecular flexibility index (Phi) is 3.20. The Morgan fingerprint density at radius 3 is 3.09 bits per heavy atom. The predicted octanol–water partition coefficient (Wildman–Crippen LogP) is 1.86. The van der Waals surface area contributed by atoms with Crippen LogP contribution in [-0.4, -0.2) is 11.5 Å². The third kappa shape index (κ3) is 3.25. The molecule has 0 aliphatic rings. The first-order valence-corrected chi connectivity index (χ1v) is 3.83. The summed E-state index contributed by atoms with van der Waals surface area (Å²) in [6.07, 6.45) is 1.90. The molecule has 1 aromatic heterocycles. The molecule has 0 aliphatic carbocycles. The monoisotopic (exact) mass is 170 g/mol. The lowest BCUT2D eigenvalue weighted by atomic mass is 10.4. The van der Waals surface area contributed by atoms with Crippen LogP contribution in [0.1, 0.15) is 5.69 Å². The van der Waals surface area contributed by atoms with Gasteiger partial charge in [0.05, 0.1) is 0 Å². The van der Waals surface area contributed by atoms with Crippen LogP contribution in [0.15, 0.2) is 29.9 Å². The van der Waals surface area contributed by atoms with E-state index in [4.69, 9.17) is 11.6 Å². The zero-order valence-corrected chi connectivity index (χ0v) is 6.99. The molecule has 11 heavy (non-hydrogen) atoms. The molecule has 0 spiro atoms. The fraction of sp³-hybridized carbons (Fsp3) is 0.250. The van der Waals surface area contributed by atoms with Crippen LogP contribution in [0.5, 0.6) is 0 Å². The van der Waals surface area contributed by atoms with Crippen LogP contribution in [0, 0.1) is 0 Å². The number of aromatic amines is 1. The van der Waals surface area contributed by atoms with E-state index in [1.807, 2.05) is 18.3 Å². The van der Waals surface area contributed by atoms with E-state index in [0.29, 0.717) is 11.6 Å². The number of hydrogen-bond donors (Lipinski definition) is 2. The van der Waals surface area contributed by atoms with Crippen LogP contribution in [0.25, 0.3) is 0 Å². The minimum Gasteiger partial charge on any atom is -0.364 e. The molecule has 0 fully saturated rings. The van der Waals surface area contributed by atoms with Gasteiger partial charge in [-0.2, -0.15) is 0 Å². The fourth-order valence-electron chi connectivity index (χ4n) is 0.810. The van der Waals surface area contributed by atoms with Gasteiger partial charge in [-0.25, -0.2) is 0 Å². The van der Waals surface area contributed by atoms with Crippen molar-refractivity contribution in [3.8, 4) is 0 Å². The largest absolute Gasteiger partial charge is 0.364 e. The maximum Gasteiger partial charge on any atom is 0.0360 e. The molecule has 0 radical (unpaired) electrons. The van der Waals surface area contributed by atoms with Gasteiger partial charge in [0.2, 0.25) is 0 Å². The van der Waals surface area contributed by atoms with Gasteiger partial charge in [-0.3, -0.25) is 0 Å². The summed E-state index contributed by atoms with van der Waals surface area (Å²) >= 11 is 5.55. The van der Waals surface area contributed by atoms with Crippen molar-refractivity contribution in [2.75, 3.05) is 6.54 Å². The van der Waals surface area contributed by atoms with E-state index in [1.54, 1.807) is 0 Å². The highest BCUT2D eigenvalue weighted by Gasteiger charge is 1.91. The third-order valence-corrected chi connectivity index (χ3v) is 1.43. The molecule has 3 heteroatoms. The number of rotatable bonds is 4. The molecule has 0 saturated heterocycles. The average Bonchev–Trinajstić information content (AvgIpc) is 2.39. The molecule has 2 nitrogen and oxygen atoms in total. The van der Waals surface area contributed by atoms with Gasteiger partial charge >= 0.3 is 0 Å². The topological polar surface area (TPSA) is 27.8 Å². The van der Waals surface area contributed by atoms with Crippen molar-refractivity contribution in [3.05, 3.63) is 35.6 Å². The fourth-order valence-corrected chi connectivity index (χ4v) is 0.905. The Labute approximate surface area is 71.3 Å². The standard InChI is InChI=1S/C8H11ClN2/c1-7(9)5-10-6-8-3-2-4-11-8/h2-4,10-11H,1,5-6H2. The van der Waals surface area contributed by atoms with Gasteiger partial charge in [-0.1, -0.05) is 18.2 Å². The van der Waals surface area contributed by atoms with Gasteiger partial charge in [0.1, 0.15) is 0 Å². The van der Waals surface area contributed by atoms with Crippen molar-refractivity contribution in [1.29, 1.82) is 0 Å². The molecular weight excluding hydrogens is 160 g/mol. The maximum atomic E-state index is 5.55. The Bertz CT molecular complexity index is 216. The first-order valence-electron chi connectivity index (χ1n) is 3.45. The smallest absolute Gasteiger partial charge is 0.0360 e. The summed E-state index contributed by atoms with van der Waals surface area (Å²) in [5.41, 5.74) is 1.16. The first-order chi connectivity index (χ1) is 5.29. The summed E-state index contributed by atoms with van der Waals surface area (Å²) in [6, 6.07) is 3.98.